The number of nitrogens with zero attached hydrogens (tertiary/aromatic N) is 2. The molecule has 0 bridgehead atoms. The summed E-state index contributed by atoms with van der Waals surface area (Å²) in [5, 5.41) is 1.76. The van der Waals surface area contributed by atoms with E-state index in [2.05, 4.69) is 4.98 Å². The number of fused-ring (bicyclic) bond motifs is 1. The summed E-state index contributed by atoms with van der Waals surface area (Å²) in [6.07, 6.45) is 3.05. The van der Waals surface area contributed by atoms with Crippen molar-refractivity contribution in [3.05, 3.63) is 70.2 Å². The molecular weight excluding hydrogens is 404 g/mol. The zero-order valence-electron chi connectivity index (χ0n) is 16.6. The molecule has 152 valence electrons. The Morgan fingerprint density at radius 3 is 2.52 bits per heavy atom. The van der Waals surface area contributed by atoms with Crippen LogP contribution in [0.25, 0.3) is 0 Å². The molecule has 0 aliphatic heterocycles. The van der Waals surface area contributed by atoms with Crippen molar-refractivity contribution in [3.63, 3.8) is 0 Å². The molecule has 0 saturated carbocycles. The molecule has 1 heterocycles. The van der Waals surface area contributed by atoms with Crippen LogP contribution in [0.1, 0.15) is 35.7 Å². The summed E-state index contributed by atoms with van der Waals surface area (Å²) in [5.74, 6) is 0.605. The topological polar surface area (TPSA) is 59.5 Å². The van der Waals surface area contributed by atoms with Crippen LogP contribution in [0.5, 0.6) is 5.75 Å². The normalized spacial score (nSPS) is 13.3. The van der Waals surface area contributed by atoms with Crippen molar-refractivity contribution in [1.29, 1.82) is 0 Å². The predicted octanol–water partition coefficient (Wildman–Crippen LogP) is 4.73. The third kappa shape index (κ3) is 4.02. The molecule has 1 aliphatic carbocycles. The molecule has 3 aromatic rings. The van der Waals surface area contributed by atoms with E-state index >= 15 is 0 Å². The van der Waals surface area contributed by atoms with E-state index in [1.807, 2.05) is 49.4 Å². The molecular formula is C22H24N2O3S2. The van der Waals surface area contributed by atoms with Gasteiger partial charge in [0, 0.05) is 17.6 Å². The standard InChI is InChI=1S/C22H24N2O3S2/c1-3-24(29(25,26)22-23-16(2)15-28-22)20-12-18-10-7-11-19(18)13-21(20)27-14-17-8-5-4-6-9-17/h4-6,8-9,12-13,15H,3,7,10-11,14H2,1-2H3. The Hall–Kier alpha value is -2.38. The van der Waals surface area contributed by atoms with Gasteiger partial charge in [0.15, 0.2) is 0 Å². The van der Waals surface area contributed by atoms with Gasteiger partial charge >= 0.3 is 0 Å². The fourth-order valence-electron chi connectivity index (χ4n) is 3.65. The monoisotopic (exact) mass is 428 g/mol. The molecule has 0 N–H and O–H groups in total. The van der Waals surface area contributed by atoms with E-state index < -0.39 is 10.0 Å². The number of benzene rings is 2. The van der Waals surface area contributed by atoms with E-state index in [1.54, 1.807) is 12.3 Å². The van der Waals surface area contributed by atoms with Crippen molar-refractivity contribution >= 4 is 27.0 Å². The minimum atomic E-state index is -3.75. The number of hydrogen-bond acceptors (Lipinski definition) is 5. The molecule has 29 heavy (non-hydrogen) atoms. The molecule has 0 radical (unpaired) electrons. The highest BCUT2D eigenvalue weighted by atomic mass is 32.2. The SMILES string of the molecule is CCN(c1cc2c(cc1OCc1ccccc1)CCC2)S(=O)(=O)c1nc(C)cs1. The number of rotatable bonds is 7. The van der Waals surface area contributed by atoms with Crippen LogP contribution in [0.15, 0.2) is 52.2 Å². The van der Waals surface area contributed by atoms with Gasteiger partial charge < -0.3 is 4.74 Å². The zero-order chi connectivity index (χ0) is 20.4. The van der Waals surface area contributed by atoms with E-state index in [1.165, 1.54) is 15.4 Å². The average molecular weight is 429 g/mol. The highest BCUT2D eigenvalue weighted by molar-refractivity contribution is 7.94. The maximum atomic E-state index is 13.3. The average Bonchev–Trinajstić information content (AvgIpc) is 3.36. The van der Waals surface area contributed by atoms with Gasteiger partial charge in [-0.1, -0.05) is 30.3 Å². The van der Waals surface area contributed by atoms with Gasteiger partial charge in [0.1, 0.15) is 12.4 Å². The Balaban J connectivity index is 1.74. The second-order valence-electron chi connectivity index (χ2n) is 7.14. The van der Waals surface area contributed by atoms with Crippen molar-refractivity contribution < 1.29 is 13.2 Å². The second kappa shape index (κ2) is 8.16. The van der Waals surface area contributed by atoms with Crippen molar-refractivity contribution in [2.45, 2.75) is 44.1 Å². The number of ether oxygens (including phenoxy) is 1. The van der Waals surface area contributed by atoms with Gasteiger partial charge in [-0.15, -0.1) is 11.3 Å². The second-order valence-corrected chi connectivity index (χ2v) is 10.0. The van der Waals surface area contributed by atoms with Crippen molar-refractivity contribution in [1.82, 2.24) is 4.98 Å². The number of aromatic nitrogens is 1. The number of sulfonamides is 1. The minimum absolute atomic E-state index is 0.117. The molecule has 0 unspecified atom stereocenters. The van der Waals surface area contributed by atoms with Gasteiger partial charge in [-0.3, -0.25) is 4.31 Å². The van der Waals surface area contributed by atoms with E-state index in [9.17, 15) is 8.42 Å². The first-order valence-corrected chi connectivity index (χ1v) is 12.1. The Labute approximate surface area is 176 Å². The van der Waals surface area contributed by atoms with Crippen LogP contribution < -0.4 is 9.04 Å². The van der Waals surface area contributed by atoms with Gasteiger partial charge in [0.25, 0.3) is 10.0 Å². The number of thiazole rings is 1. The molecule has 7 heteroatoms. The van der Waals surface area contributed by atoms with Crippen LogP contribution in [0.2, 0.25) is 0 Å². The highest BCUT2D eigenvalue weighted by Crippen LogP contribution is 2.38. The van der Waals surface area contributed by atoms with Crippen LogP contribution >= 0.6 is 11.3 Å². The fraction of sp³-hybridized carbons (Fsp3) is 0.318. The summed E-state index contributed by atoms with van der Waals surface area (Å²) in [6.45, 7) is 4.34. The zero-order valence-corrected chi connectivity index (χ0v) is 18.2. The summed E-state index contributed by atoms with van der Waals surface area (Å²) >= 11 is 1.15. The molecule has 4 rings (SSSR count). The first-order chi connectivity index (χ1) is 14.0. The summed E-state index contributed by atoms with van der Waals surface area (Å²) in [7, 11) is -3.75. The van der Waals surface area contributed by atoms with Gasteiger partial charge in [-0.05, 0) is 61.9 Å². The Morgan fingerprint density at radius 2 is 1.86 bits per heavy atom. The van der Waals surface area contributed by atoms with Crippen LogP contribution in [0.4, 0.5) is 5.69 Å². The summed E-state index contributed by atoms with van der Waals surface area (Å²) in [4.78, 5) is 4.22. The smallest absolute Gasteiger partial charge is 0.291 e. The Morgan fingerprint density at radius 1 is 1.14 bits per heavy atom. The first kappa shape index (κ1) is 19.9. The summed E-state index contributed by atoms with van der Waals surface area (Å²) < 4.78 is 34.3. The predicted molar refractivity (Wildman–Crippen MR) is 116 cm³/mol. The number of hydrogen-bond donors (Lipinski definition) is 0. The van der Waals surface area contributed by atoms with Gasteiger partial charge in [-0.2, -0.15) is 8.42 Å². The quantitative estimate of drug-likeness (QED) is 0.546. The molecule has 0 saturated heterocycles. The van der Waals surface area contributed by atoms with Gasteiger partial charge in [0.2, 0.25) is 4.34 Å². The lowest BCUT2D eigenvalue weighted by molar-refractivity contribution is 0.307. The van der Waals surface area contributed by atoms with Crippen molar-refractivity contribution in [3.8, 4) is 5.75 Å². The third-order valence-electron chi connectivity index (χ3n) is 5.08. The molecule has 1 aliphatic rings. The highest BCUT2D eigenvalue weighted by Gasteiger charge is 2.30. The molecule has 0 atom stereocenters. The van der Waals surface area contributed by atoms with Crippen LogP contribution in [-0.4, -0.2) is 19.9 Å². The van der Waals surface area contributed by atoms with Crippen LogP contribution in [0, 0.1) is 6.92 Å². The van der Waals surface area contributed by atoms with Gasteiger partial charge in [-0.25, -0.2) is 4.98 Å². The minimum Gasteiger partial charge on any atom is -0.487 e. The molecule has 1 aromatic heterocycles. The fourth-order valence-corrected chi connectivity index (χ4v) is 6.26. The Bertz CT molecular complexity index is 1110. The Kier molecular flexibility index (Phi) is 5.61. The molecule has 5 nitrogen and oxygen atoms in total. The maximum absolute atomic E-state index is 13.3. The van der Waals surface area contributed by atoms with E-state index in [0.29, 0.717) is 30.3 Å². The van der Waals surface area contributed by atoms with Crippen LogP contribution in [-0.2, 0) is 29.5 Å². The number of anilines is 1. The molecule has 0 spiro atoms. The largest absolute Gasteiger partial charge is 0.487 e. The van der Waals surface area contributed by atoms with Crippen molar-refractivity contribution in [2.24, 2.45) is 0 Å². The van der Waals surface area contributed by atoms with Crippen LogP contribution in [0.3, 0.4) is 0 Å². The molecule has 2 aromatic carbocycles. The molecule has 0 amide bonds. The molecule has 0 fully saturated rings. The lowest BCUT2D eigenvalue weighted by Crippen LogP contribution is -2.31. The van der Waals surface area contributed by atoms with Gasteiger partial charge in [0.05, 0.1) is 5.69 Å². The summed E-state index contributed by atoms with van der Waals surface area (Å²) in [6, 6.07) is 13.9. The maximum Gasteiger partial charge on any atom is 0.291 e. The lowest BCUT2D eigenvalue weighted by Gasteiger charge is -2.25. The van der Waals surface area contributed by atoms with E-state index in [0.717, 1.165) is 36.2 Å². The van der Waals surface area contributed by atoms with Crippen molar-refractivity contribution in [2.75, 3.05) is 10.8 Å². The number of aryl methyl sites for hydroxylation is 3. The third-order valence-corrected chi connectivity index (χ3v) is 8.32. The lowest BCUT2D eigenvalue weighted by atomic mass is 10.1. The van der Waals surface area contributed by atoms with E-state index in [4.69, 9.17) is 4.74 Å². The first-order valence-electron chi connectivity index (χ1n) is 9.76. The summed E-state index contributed by atoms with van der Waals surface area (Å²) in [5.41, 5.74) is 4.79. The van der Waals surface area contributed by atoms with E-state index in [-0.39, 0.29) is 4.34 Å².